The molecule has 1 aliphatic heterocycles. The summed E-state index contributed by atoms with van der Waals surface area (Å²) in [5, 5.41) is 18.5. The Kier molecular flexibility index (Phi) is 6.99. The van der Waals surface area contributed by atoms with Gasteiger partial charge in [-0.05, 0) is 47.3 Å². The standard InChI is InChI=1S/C21H16Cl3N3O4S2/c22-13-3-1-12(2-4-13)18-10-15(26-27(18)17-6-5-14(23)9-16(17)24)11-25-33(30,31)19-7-8-32-20(19)21(28)29/h1-9,18,25H,10-11H2,(H,28,29). The van der Waals surface area contributed by atoms with Gasteiger partial charge in [0.2, 0.25) is 10.0 Å². The molecule has 0 amide bonds. The van der Waals surface area contributed by atoms with E-state index < -0.39 is 16.0 Å². The Bertz CT molecular complexity index is 1340. The lowest BCUT2D eigenvalue weighted by Gasteiger charge is -2.25. The molecule has 0 saturated heterocycles. The molecule has 2 heterocycles. The van der Waals surface area contributed by atoms with Gasteiger partial charge in [-0.2, -0.15) is 5.10 Å². The van der Waals surface area contributed by atoms with Gasteiger partial charge in [-0.3, -0.25) is 5.01 Å². The molecular formula is C21H16Cl3N3O4S2. The third-order valence-corrected chi connectivity index (χ3v) is 8.23. The van der Waals surface area contributed by atoms with Gasteiger partial charge in [-0.15, -0.1) is 11.3 Å². The molecule has 7 nitrogen and oxygen atoms in total. The Balaban J connectivity index is 1.62. The fourth-order valence-corrected chi connectivity index (χ4v) is 6.33. The minimum absolute atomic E-state index is 0.0942. The first-order chi connectivity index (χ1) is 15.7. The smallest absolute Gasteiger partial charge is 0.347 e. The summed E-state index contributed by atoms with van der Waals surface area (Å²) in [5.41, 5.74) is 2.08. The van der Waals surface area contributed by atoms with E-state index in [-0.39, 0.29) is 22.4 Å². The first kappa shape index (κ1) is 24.0. The number of carboxylic acid groups (broad SMARTS) is 1. The minimum Gasteiger partial charge on any atom is -0.477 e. The van der Waals surface area contributed by atoms with Gasteiger partial charge in [0.25, 0.3) is 0 Å². The molecule has 1 atom stereocenters. The molecule has 1 aromatic heterocycles. The van der Waals surface area contributed by atoms with E-state index >= 15 is 0 Å². The van der Waals surface area contributed by atoms with Crippen molar-refractivity contribution in [3.05, 3.63) is 79.4 Å². The number of benzene rings is 2. The number of nitrogens with zero attached hydrogens (tertiary/aromatic N) is 2. The van der Waals surface area contributed by atoms with Crippen LogP contribution < -0.4 is 9.73 Å². The number of hydrogen-bond donors (Lipinski definition) is 2. The molecule has 1 aliphatic rings. The molecule has 2 N–H and O–H groups in total. The molecule has 0 bridgehead atoms. The summed E-state index contributed by atoms with van der Waals surface area (Å²) in [6.45, 7) is -0.0942. The van der Waals surface area contributed by atoms with Crippen LogP contribution in [0.15, 0.2) is 63.9 Å². The van der Waals surface area contributed by atoms with Crippen LogP contribution in [0.4, 0.5) is 5.69 Å². The van der Waals surface area contributed by atoms with Crippen molar-refractivity contribution in [1.82, 2.24) is 4.72 Å². The van der Waals surface area contributed by atoms with Crippen molar-refractivity contribution in [2.45, 2.75) is 17.4 Å². The van der Waals surface area contributed by atoms with Gasteiger partial charge >= 0.3 is 5.97 Å². The first-order valence-electron chi connectivity index (χ1n) is 9.52. The van der Waals surface area contributed by atoms with Gasteiger partial charge in [-0.1, -0.05) is 46.9 Å². The Hall–Kier alpha value is -2.14. The molecular weight excluding hydrogens is 529 g/mol. The zero-order valence-corrected chi connectivity index (χ0v) is 20.6. The SMILES string of the molecule is O=C(O)c1sccc1S(=O)(=O)NCC1=NN(c2ccc(Cl)cc2Cl)C(c2ccc(Cl)cc2)C1. The van der Waals surface area contributed by atoms with Crippen molar-refractivity contribution in [3.8, 4) is 0 Å². The molecule has 2 aromatic carbocycles. The van der Waals surface area contributed by atoms with E-state index in [0.29, 0.717) is 32.9 Å². The highest BCUT2D eigenvalue weighted by molar-refractivity contribution is 7.89. The number of carboxylic acids is 1. The lowest BCUT2D eigenvalue weighted by molar-refractivity contribution is 0.0698. The number of rotatable bonds is 7. The van der Waals surface area contributed by atoms with Crippen LogP contribution in [0.5, 0.6) is 0 Å². The molecule has 33 heavy (non-hydrogen) atoms. The molecule has 0 fully saturated rings. The van der Waals surface area contributed by atoms with Crippen LogP contribution in [0.3, 0.4) is 0 Å². The molecule has 3 aromatic rings. The van der Waals surface area contributed by atoms with Crippen molar-refractivity contribution in [3.63, 3.8) is 0 Å². The zero-order chi connectivity index (χ0) is 23.8. The van der Waals surface area contributed by atoms with E-state index in [4.69, 9.17) is 34.8 Å². The van der Waals surface area contributed by atoms with Crippen LogP contribution in [-0.4, -0.2) is 31.8 Å². The summed E-state index contributed by atoms with van der Waals surface area (Å²) in [6, 6.07) is 13.3. The minimum atomic E-state index is -4.04. The van der Waals surface area contributed by atoms with Crippen LogP contribution in [0.1, 0.15) is 27.7 Å². The molecule has 12 heteroatoms. The van der Waals surface area contributed by atoms with E-state index in [1.165, 1.54) is 11.4 Å². The Morgan fingerprint density at radius 3 is 2.48 bits per heavy atom. The van der Waals surface area contributed by atoms with Crippen molar-refractivity contribution in [2.24, 2.45) is 5.10 Å². The number of aromatic carboxylic acids is 1. The third-order valence-electron chi connectivity index (χ3n) is 4.96. The predicted molar refractivity (Wildman–Crippen MR) is 132 cm³/mol. The number of hydrazone groups is 1. The fourth-order valence-electron chi connectivity index (χ4n) is 3.43. The largest absolute Gasteiger partial charge is 0.477 e. The summed E-state index contributed by atoms with van der Waals surface area (Å²) < 4.78 is 27.9. The van der Waals surface area contributed by atoms with Gasteiger partial charge in [-0.25, -0.2) is 17.9 Å². The molecule has 172 valence electrons. The number of nitrogens with one attached hydrogen (secondary N) is 1. The maximum Gasteiger partial charge on any atom is 0.347 e. The summed E-state index contributed by atoms with van der Waals surface area (Å²) in [6.07, 6.45) is 0.415. The third kappa shape index (κ3) is 5.18. The summed E-state index contributed by atoms with van der Waals surface area (Å²) in [4.78, 5) is 10.8. The average Bonchev–Trinajstić information content (AvgIpc) is 3.41. The molecule has 0 spiro atoms. The zero-order valence-electron chi connectivity index (χ0n) is 16.7. The summed E-state index contributed by atoms with van der Waals surface area (Å²) in [5.74, 6) is -1.30. The number of thiophene rings is 1. The van der Waals surface area contributed by atoms with E-state index in [0.717, 1.165) is 16.9 Å². The van der Waals surface area contributed by atoms with Gasteiger partial charge in [0.15, 0.2) is 0 Å². The number of carbonyl (C=O) groups is 1. The molecule has 4 rings (SSSR count). The number of anilines is 1. The molecule has 1 unspecified atom stereocenters. The second-order valence-corrected chi connectivity index (χ2v) is 11.1. The predicted octanol–water partition coefficient (Wildman–Crippen LogP) is 5.69. The maximum atomic E-state index is 12.7. The van der Waals surface area contributed by atoms with Crippen molar-refractivity contribution < 1.29 is 18.3 Å². The van der Waals surface area contributed by atoms with Gasteiger partial charge in [0.05, 0.1) is 29.0 Å². The second kappa shape index (κ2) is 9.61. The van der Waals surface area contributed by atoms with E-state index in [1.807, 2.05) is 12.1 Å². The quantitative estimate of drug-likeness (QED) is 0.398. The second-order valence-electron chi connectivity index (χ2n) is 7.12. The summed E-state index contributed by atoms with van der Waals surface area (Å²) in [7, 11) is -4.04. The van der Waals surface area contributed by atoms with E-state index in [2.05, 4.69) is 9.82 Å². The van der Waals surface area contributed by atoms with Crippen LogP contribution in [0.2, 0.25) is 15.1 Å². The Morgan fingerprint density at radius 2 is 1.82 bits per heavy atom. The van der Waals surface area contributed by atoms with Crippen LogP contribution in [-0.2, 0) is 10.0 Å². The van der Waals surface area contributed by atoms with Crippen LogP contribution in [0, 0.1) is 0 Å². The average molecular weight is 545 g/mol. The molecule has 0 radical (unpaired) electrons. The Labute approximate surface area is 209 Å². The first-order valence-corrected chi connectivity index (χ1v) is 13.0. The number of halogens is 3. The lowest BCUT2D eigenvalue weighted by atomic mass is 10.0. The highest BCUT2D eigenvalue weighted by atomic mass is 35.5. The molecule has 0 aliphatic carbocycles. The normalized spacial score (nSPS) is 16.2. The van der Waals surface area contributed by atoms with Crippen LogP contribution in [0.25, 0.3) is 0 Å². The summed E-state index contributed by atoms with van der Waals surface area (Å²) >= 11 is 19.3. The van der Waals surface area contributed by atoms with E-state index in [9.17, 15) is 18.3 Å². The van der Waals surface area contributed by atoms with E-state index in [1.54, 1.807) is 35.3 Å². The highest BCUT2D eigenvalue weighted by Crippen LogP contribution is 2.39. The lowest BCUT2D eigenvalue weighted by Crippen LogP contribution is -2.29. The Morgan fingerprint density at radius 1 is 1.12 bits per heavy atom. The van der Waals surface area contributed by atoms with Gasteiger partial charge in [0.1, 0.15) is 9.77 Å². The van der Waals surface area contributed by atoms with Crippen LogP contribution >= 0.6 is 46.1 Å². The van der Waals surface area contributed by atoms with Gasteiger partial charge in [0, 0.05) is 16.5 Å². The van der Waals surface area contributed by atoms with Crippen molar-refractivity contribution in [2.75, 3.05) is 11.6 Å². The topological polar surface area (TPSA) is 99.1 Å². The number of hydrogen-bond acceptors (Lipinski definition) is 6. The monoisotopic (exact) mass is 543 g/mol. The van der Waals surface area contributed by atoms with Crippen molar-refractivity contribution in [1.29, 1.82) is 0 Å². The molecule has 0 saturated carbocycles. The maximum absolute atomic E-state index is 12.7. The number of sulfonamides is 1. The fraction of sp³-hybridized carbons (Fsp3) is 0.143. The highest BCUT2D eigenvalue weighted by Gasteiger charge is 2.32. The van der Waals surface area contributed by atoms with Crippen molar-refractivity contribution >= 4 is 73.5 Å². The van der Waals surface area contributed by atoms with Gasteiger partial charge < -0.3 is 5.11 Å².